The number of ether oxygens (including phenoxy) is 1. The van der Waals surface area contributed by atoms with Crippen LogP contribution in [0.1, 0.15) is 50.0 Å². The molecule has 166 valence electrons. The van der Waals surface area contributed by atoms with Gasteiger partial charge in [-0.3, -0.25) is 0 Å². The second-order valence-electron chi connectivity index (χ2n) is 8.97. The van der Waals surface area contributed by atoms with Crippen molar-refractivity contribution in [2.75, 3.05) is 24.7 Å². The lowest BCUT2D eigenvalue weighted by atomic mass is 9.83. The lowest BCUT2D eigenvalue weighted by Crippen LogP contribution is -2.41. The Labute approximate surface area is 193 Å². The Hall–Kier alpha value is -2.69. The van der Waals surface area contributed by atoms with Crippen LogP contribution in [0.5, 0.6) is 0 Å². The normalized spacial score (nSPS) is 23.9. The maximum atomic E-state index is 9.33. The van der Waals surface area contributed by atoms with Gasteiger partial charge in [-0.15, -0.1) is 0 Å². The van der Waals surface area contributed by atoms with E-state index in [0.29, 0.717) is 29.9 Å². The summed E-state index contributed by atoms with van der Waals surface area (Å²) in [6.07, 6.45) is 4.89. The van der Waals surface area contributed by atoms with Crippen molar-refractivity contribution in [1.82, 2.24) is 19.5 Å². The third-order valence-electron chi connectivity index (χ3n) is 6.79. The SMILES string of the molecule is CC1CCC(Cn2c(N3CCOC[C@H]3c3ccccc3)nc3nc(C#N)nc(Cl)c32)CC1. The molecule has 2 aliphatic rings. The molecular formula is C24H27ClN6O. The van der Waals surface area contributed by atoms with E-state index in [2.05, 4.69) is 50.6 Å². The predicted octanol–water partition coefficient (Wildman–Crippen LogP) is 4.76. The predicted molar refractivity (Wildman–Crippen MR) is 124 cm³/mol. The fraction of sp³-hybridized carbons (Fsp3) is 0.500. The number of halogens is 1. The number of anilines is 1. The van der Waals surface area contributed by atoms with E-state index in [0.717, 1.165) is 30.5 Å². The van der Waals surface area contributed by atoms with Crippen molar-refractivity contribution in [1.29, 1.82) is 5.26 Å². The van der Waals surface area contributed by atoms with Gasteiger partial charge in [0.2, 0.25) is 11.8 Å². The van der Waals surface area contributed by atoms with Gasteiger partial charge in [-0.25, -0.2) is 4.98 Å². The first-order valence-electron chi connectivity index (χ1n) is 11.4. The number of rotatable bonds is 4. The van der Waals surface area contributed by atoms with Crippen LogP contribution >= 0.6 is 11.6 Å². The molecule has 0 amide bonds. The monoisotopic (exact) mass is 450 g/mol. The summed E-state index contributed by atoms with van der Waals surface area (Å²) in [5.74, 6) is 2.23. The molecule has 3 heterocycles. The van der Waals surface area contributed by atoms with Crippen molar-refractivity contribution in [3.05, 3.63) is 46.9 Å². The first-order chi connectivity index (χ1) is 15.6. The molecule has 1 saturated heterocycles. The van der Waals surface area contributed by atoms with Gasteiger partial charge in [-0.1, -0.05) is 61.7 Å². The number of morpholine rings is 1. The Kier molecular flexibility index (Phi) is 5.99. The van der Waals surface area contributed by atoms with Crippen LogP contribution in [-0.2, 0) is 11.3 Å². The van der Waals surface area contributed by atoms with Gasteiger partial charge >= 0.3 is 0 Å². The molecule has 2 fully saturated rings. The van der Waals surface area contributed by atoms with E-state index < -0.39 is 0 Å². The fourth-order valence-corrected chi connectivity index (χ4v) is 5.25. The van der Waals surface area contributed by atoms with Crippen LogP contribution < -0.4 is 4.90 Å². The lowest BCUT2D eigenvalue weighted by Gasteiger charge is -2.37. The zero-order valence-corrected chi connectivity index (χ0v) is 19.0. The third kappa shape index (κ3) is 4.05. The van der Waals surface area contributed by atoms with Gasteiger partial charge in [0, 0.05) is 13.1 Å². The standard InChI is InChI=1S/C24H27ClN6O/c1-16-7-9-17(10-8-16)14-31-21-22(25)27-20(13-26)28-23(21)29-24(31)30-11-12-32-15-19(30)18-5-3-2-4-6-18/h2-6,16-17,19H,7-12,14-15H2,1H3/t16?,17?,19-/m0/s1. The van der Waals surface area contributed by atoms with Crippen molar-refractivity contribution < 1.29 is 4.74 Å². The molecule has 1 aliphatic heterocycles. The largest absolute Gasteiger partial charge is 0.377 e. The highest BCUT2D eigenvalue weighted by atomic mass is 35.5. The number of benzene rings is 1. The molecule has 3 aromatic rings. The Morgan fingerprint density at radius 3 is 2.66 bits per heavy atom. The Morgan fingerprint density at radius 2 is 1.91 bits per heavy atom. The van der Waals surface area contributed by atoms with Gasteiger partial charge in [0.25, 0.3) is 0 Å². The zero-order valence-electron chi connectivity index (χ0n) is 18.2. The van der Waals surface area contributed by atoms with Crippen LogP contribution in [0.25, 0.3) is 11.2 Å². The van der Waals surface area contributed by atoms with Gasteiger partial charge in [-0.2, -0.15) is 15.2 Å². The number of hydrogen-bond acceptors (Lipinski definition) is 6. The van der Waals surface area contributed by atoms with Crippen LogP contribution in [0.2, 0.25) is 5.15 Å². The maximum absolute atomic E-state index is 9.33. The summed E-state index contributed by atoms with van der Waals surface area (Å²) in [4.78, 5) is 15.8. The second-order valence-corrected chi connectivity index (χ2v) is 9.32. The van der Waals surface area contributed by atoms with Crippen molar-refractivity contribution in [3.63, 3.8) is 0 Å². The van der Waals surface area contributed by atoms with Gasteiger partial charge in [0.1, 0.15) is 11.6 Å². The van der Waals surface area contributed by atoms with Crippen LogP contribution in [0.3, 0.4) is 0 Å². The Balaban J connectivity index is 1.60. The molecule has 5 rings (SSSR count). The number of nitriles is 1. The fourth-order valence-electron chi connectivity index (χ4n) is 4.99. The zero-order chi connectivity index (χ0) is 22.1. The van der Waals surface area contributed by atoms with E-state index in [9.17, 15) is 5.26 Å². The minimum absolute atomic E-state index is 0.0479. The molecule has 0 unspecified atom stereocenters. The van der Waals surface area contributed by atoms with E-state index in [1.165, 1.54) is 31.2 Å². The first kappa shape index (κ1) is 21.2. The number of aromatic nitrogens is 4. The van der Waals surface area contributed by atoms with Gasteiger partial charge in [0.15, 0.2) is 10.8 Å². The van der Waals surface area contributed by atoms with Crippen LogP contribution in [0.15, 0.2) is 30.3 Å². The highest BCUT2D eigenvalue weighted by Crippen LogP contribution is 2.36. The van der Waals surface area contributed by atoms with Gasteiger partial charge in [0.05, 0.1) is 19.3 Å². The molecule has 8 heteroatoms. The number of nitrogens with zero attached hydrogens (tertiary/aromatic N) is 6. The summed E-state index contributed by atoms with van der Waals surface area (Å²) in [5, 5.41) is 9.62. The molecule has 32 heavy (non-hydrogen) atoms. The third-order valence-corrected chi connectivity index (χ3v) is 7.05. The lowest BCUT2D eigenvalue weighted by molar-refractivity contribution is 0.0927. The smallest absolute Gasteiger partial charge is 0.235 e. The molecule has 0 spiro atoms. The topological polar surface area (TPSA) is 79.9 Å². The average Bonchev–Trinajstić information content (AvgIpc) is 3.19. The highest BCUT2D eigenvalue weighted by Gasteiger charge is 2.31. The van der Waals surface area contributed by atoms with E-state index in [4.69, 9.17) is 21.3 Å². The Bertz CT molecular complexity index is 1130. The van der Waals surface area contributed by atoms with Crippen LogP contribution in [0.4, 0.5) is 5.95 Å². The summed E-state index contributed by atoms with van der Waals surface area (Å²) < 4.78 is 8.04. The first-order valence-corrected chi connectivity index (χ1v) is 11.7. The molecule has 1 atom stereocenters. The van der Waals surface area contributed by atoms with Crippen molar-refractivity contribution in [3.8, 4) is 6.07 Å². The maximum Gasteiger partial charge on any atom is 0.235 e. The summed E-state index contributed by atoms with van der Waals surface area (Å²) >= 11 is 6.59. The molecule has 1 aromatic carbocycles. The minimum Gasteiger partial charge on any atom is -0.377 e. The number of hydrogen-bond donors (Lipinski definition) is 0. The molecule has 1 saturated carbocycles. The quantitative estimate of drug-likeness (QED) is 0.533. The summed E-state index contributed by atoms with van der Waals surface area (Å²) in [7, 11) is 0. The van der Waals surface area contributed by atoms with Gasteiger partial charge < -0.3 is 14.2 Å². The molecule has 1 aliphatic carbocycles. The van der Waals surface area contributed by atoms with Crippen molar-refractivity contribution >= 4 is 28.7 Å². The van der Waals surface area contributed by atoms with Crippen LogP contribution in [0, 0.1) is 23.2 Å². The number of imidazole rings is 1. The summed E-state index contributed by atoms with van der Waals surface area (Å²) in [6.45, 7) is 5.11. The molecule has 0 N–H and O–H groups in total. The average molecular weight is 451 g/mol. The summed E-state index contributed by atoms with van der Waals surface area (Å²) in [6, 6.07) is 12.4. The van der Waals surface area contributed by atoms with Crippen molar-refractivity contribution in [2.45, 2.75) is 45.2 Å². The highest BCUT2D eigenvalue weighted by molar-refractivity contribution is 6.33. The Morgan fingerprint density at radius 1 is 1.12 bits per heavy atom. The molecule has 7 nitrogen and oxygen atoms in total. The van der Waals surface area contributed by atoms with Crippen LogP contribution in [-0.4, -0.2) is 39.3 Å². The van der Waals surface area contributed by atoms with E-state index in [1.807, 2.05) is 12.1 Å². The van der Waals surface area contributed by atoms with Gasteiger partial charge in [-0.05, 0) is 30.2 Å². The summed E-state index contributed by atoms with van der Waals surface area (Å²) in [5.41, 5.74) is 2.39. The minimum atomic E-state index is 0.0479. The molecule has 0 radical (unpaired) electrons. The van der Waals surface area contributed by atoms with E-state index >= 15 is 0 Å². The second kappa shape index (κ2) is 9.05. The molecule has 2 aromatic heterocycles. The van der Waals surface area contributed by atoms with E-state index in [1.54, 1.807) is 0 Å². The van der Waals surface area contributed by atoms with Crippen molar-refractivity contribution in [2.24, 2.45) is 11.8 Å². The van der Waals surface area contributed by atoms with E-state index in [-0.39, 0.29) is 11.9 Å². The number of fused-ring (bicyclic) bond motifs is 1. The molecular weight excluding hydrogens is 424 g/mol. The molecule has 0 bridgehead atoms.